The predicted molar refractivity (Wildman–Crippen MR) is 112 cm³/mol. The number of rotatable bonds is 5. The van der Waals surface area contributed by atoms with Gasteiger partial charge in [0.2, 0.25) is 5.91 Å². The Bertz CT molecular complexity index is 684. The van der Waals surface area contributed by atoms with Gasteiger partial charge in [0, 0.05) is 18.1 Å². The average Bonchev–Trinajstić information content (AvgIpc) is 2.82. The lowest BCUT2D eigenvalue weighted by Crippen LogP contribution is -2.49. The zero-order valence-electron chi connectivity index (χ0n) is 17.5. The van der Waals surface area contributed by atoms with Crippen LogP contribution >= 0.6 is 0 Å². The molecule has 154 valence electrons. The standard InChI is InChI=1S/C22H34N4O2/c1-22(2,3)28-21(23)24-14-19(15-8-6-5-7-9-15)20(27)25-16-12-17-10-11-18(13-16)26(17)4/h5-9,16-19H,10-14H2,1-4H3,(H2,23,24)(H,25,27)/t16?,17-,18+,19?. The maximum atomic E-state index is 13.1. The second-order valence-corrected chi connectivity index (χ2v) is 9.08. The first-order valence-electron chi connectivity index (χ1n) is 10.3. The molecule has 1 aromatic rings. The molecule has 0 saturated carbocycles. The molecule has 2 unspecified atom stereocenters. The van der Waals surface area contributed by atoms with Crippen molar-refractivity contribution in [3.8, 4) is 0 Å². The Labute approximate surface area is 168 Å². The zero-order valence-corrected chi connectivity index (χ0v) is 17.5. The molecule has 3 N–H and O–H groups in total. The van der Waals surface area contributed by atoms with Gasteiger partial charge in [-0.15, -0.1) is 0 Å². The number of fused-ring (bicyclic) bond motifs is 2. The van der Waals surface area contributed by atoms with E-state index in [2.05, 4.69) is 22.3 Å². The first-order chi connectivity index (χ1) is 13.2. The minimum Gasteiger partial charge on any atom is -0.460 e. The second kappa shape index (κ2) is 8.52. The maximum Gasteiger partial charge on any atom is 0.282 e. The van der Waals surface area contributed by atoms with E-state index in [-0.39, 0.29) is 30.4 Å². The van der Waals surface area contributed by atoms with E-state index < -0.39 is 5.60 Å². The molecule has 4 atom stereocenters. The van der Waals surface area contributed by atoms with Crippen LogP contribution in [0.2, 0.25) is 0 Å². The molecule has 1 aromatic carbocycles. The molecular weight excluding hydrogens is 352 g/mol. The summed E-state index contributed by atoms with van der Waals surface area (Å²) in [4.78, 5) is 20.0. The number of benzene rings is 1. The summed E-state index contributed by atoms with van der Waals surface area (Å²) in [5, 5.41) is 3.29. The Hall–Kier alpha value is -2.08. The van der Waals surface area contributed by atoms with Crippen molar-refractivity contribution in [3.63, 3.8) is 0 Å². The van der Waals surface area contributed by atoms with E-state index in [1.54, 1.807) is 0 Å². The minimum atomic E-state index is -0.411. The monoisotopic (exact) mass is 386 g/mol. The molecule has 2 aliphatic heterocycles. The fourth-order valence-corrected chi connectivity index (χ4v) is 4.38. The highest BCUT2D eigenvalue weighted by molar-refractivity contribution is 5.84. The molecular formula is C22H34N4O2. The highest BCUT2D eigenvalue weighted by atomic mass is 16.5. The lowest BCUT2D eigenvalue weighted by molar-refractivity contribution is -0.123. The number of hydrogen-bond donors (Lipinski definition) is 2. The highest BCUT2D eigenvalue weighted by Gasteiger charge is 2.39. The third-order valence-corrected chi connectivity index (χ3v) is 5.80. The van der Waals surface area contributed by atoms with Crippen molar-refractivity contribution in [3.05, 3.63) is 35.9 Å². The van der Waals surface area contributed by atoms with Crippen molar-refractivity contribution in [2.24, 2.45) is 10.7 Å². The number of ether oxygens (including phenoxy) is 1. The number of carbonyl (C=O) groups is 1. The first-order valence-corrected chi connectivity index (χ1v) is 10.3. The number of carbonyl (C=O) groups excluding carboxylic acids is 1. The lowest BCUT2D eigenvalue weighted by atomic mass is 9.94. The molecule has 2 fully saturated rings. The van der Waals surface area contributed by atoms with Crippen LogP contribution in [0.5, 0.6) is 0 Å². The first kappa shape index (κ1) is 20.6. The Morgan fingerprint density at radius 3 is 2.43 bits per heavy atom. The van der Waals surface area contributed by atoms with Crippen LogP contribution in [0.1, 0.15) is 57.9 Å². The van der Waals surface area contributed by atoms with Gasteiger partial charge in [-0.25, -0.2) is 4.99 Å². The molecule has 2 heterocycles. The number of hydrogen-bond acceptors (Lipinski definition) is 4. The van der Waals surface area contributed by atoms with Crippen LogP contribution in [0.25, 0.3) is 0 Å². The van der Waals surface area contributed by atoms with Gasteiger partial charge in [0.1, 0.15) is 5.60 Å². The fraction of sp³-hybridized carbons (Fsp3) is 0.636. The van der Waals surface area contributed by atoms with E-state index in [4.69, 9.17) is 10.5 Å². The summed E-state index contributed by atoms with van der Waals surface area (Å²) in [6, 6.07) is 11.3. The summed E-state index contributed by atoms with van der Waals surface area (Å²) < 4.78 is 5.59. The predicted octanol–water partition coefficient (Wildman–Crippen LogP) is 2.64. The summed E-state index contributed by atoms with van der Waals surface area (Å²) >= 11 is 0. The Balaban J connectivity index is 1.68. The van der Waals surface area contributed by atoms with Gasteiger partial charge in [0.25, 0.3) is 6.02 Å². The number of aliphatic imine (C=N–C) groups is 1. The minimum absolute atomic E-state index is 0.0208. The van der Waals surface area contributed by atoms with Crippen LogP contribution in [-0.4, -0.2) is 54.1 Å². The Morgan fingerprint density at radius 2 is 1.86 bits per heavy atom. The summed E-state index contributed by atoms with van der Waals surface area (Å²) in [6.07, 6.45) is 4.53. The maximum absolute atomic E-state index is 13.1. The third-order valence-electron chi connectivity index (χ3n) is 5.80. The van der Waals surface area contributed by atoms with Gasteiger partial charge >= 0.3 is 0 Å². The largest absolute Gasteiger partial charge is 0.460 e. The van der Waals surface area contributed by atoms with Crippen LogP contribution in [-0.2, 0) is 9.53 Å². The molecule has 2 aliphatic rings. The number of amides is 1. The fourth-order valence-electron chi connectivity index (χ4n) is 4.38. The second-order valence-electron chi connectivity index (χ2n) is 9.08. The summed E-state index contributed by atoms with van der Waals surface area (Å²) in [5.74, 6) is -0.354. The Kier molecular flexibility index (Phi) is 6.28. The van der Waals surface area contributed by atoms with Gasteiger partial charge in [0.05, 0.1) is 12.5 Å². The molecule has 0 spiro atoms. The van der Waals surface area contributed by atoms with Crippen molar-refractivity contribution >= 4 is 11.9 Å². The van der Waals surface area contributed by atoms with Crippen LogP contribution < -0.4 is 11.1 Å². The van der Waals surface area contributed by atoms with Crippen LogP contribution in [0, 0.1) is 0 Å². The summed E-state index contributed by atoms with van der Waals surface area (Å²) in [5.41, 5.74) is 6.46. The zero-order chi connectivity index (χ0) is 20.3. The molecule has 6 nitrogen and oxygen atoms in total. The van der Waals surface area contributed by atoms with E-state index in [0.29, 0.717) is 12.1 Å². The van der Waals surface area contributed by atoms with Gasteiger partial charge < -0.3 is 20.7 Å². The van der Waals surface area contributed by atoms with Crippen molar-refractivity contribution in [1.29, 1.82) is 0 Å². The topological polar surface area (TPSA) is 80.0 Å². The summed E-state index contributed by atoms with van der Waals surface area (Å²) in [6.45, 7) is 6.04. The van der Waals surface area contributed by atoms with Gasteiger partial charge in [0.15, 0.2) is 0 Å². The van der Waals surface area contributed by atoms with Crippen LogP contribution in [0.3, 0.4) is 0 Å². The van der Waals surface area contributed by atoms with E-state index in [0.717, 1.165) is 18.4 Å². The normalized spacial score (nSPS) is 26.7. The molecule has 1 amide bonds. The van der Waals surface area contributed by atoms with E-state index >= 15 is 0 Å². The molecule has 3 rings (SSSR count). The van der Waals surface area contributed by atoms with Crippen molar-refractivity contribution in [1.82, 2.24) is 10.2 Å². The van der Waals surface area contributed by atoms with Gasteiger partial charge in [-0.05, 0) is 59.1 Å². The smallest absolute Gasteiger partial charge is 0.282 e. The van der Waals surface area contributed by atoms with Crippen molar-refractivity contribution < 1.29 is 9.53 Å². The van der Waals surface area contributed by atoms with Crippen LogP contribution in [0.4, 0.5) is 0 Å². The van der Waals surface area contributed by atoms with Crippen molar-refractivity contribution in [2.75, 3.05) is 13.6 Å². The molecule has 6 heteroatoms. The Morgan fingerprint density at radius 1 is 1.25 bits per heavy atom. The summed E-state index contributed by atoms with van der Waals surface area (Å²) in [7, 11) is 2.21. The molecule has 0 aliphatic carbocycles. The number of nitrogens with two attached hydrogens (primary N) is 1. The number of nitrogens with zero attached hydrogens (tertiary/aromatic N) is 2. The molecule has 28 heavy (non-hydrogen) atoms. The molecule has 0 aromatic heterocycles. The van der Waals surface area contributed by atoms with Crippen LogP contribution in [0.15, 0.2) is 35.3 Å². The average molecular weight is 387 g/mol. The van der Waals surface area contributed by atoms with E-state index in [1.165, 1.54) is 12.8 Å². The molecule has 0 radical (unpaired) electrons. The third kappa shape index (κ3) is 5.25. The quantitative estimate of drug-likeness (QED) is 0.602. The molecule has 2 saturated heterocycles. The highest BCUT2D eigenvalue weighted by Crippen LogP contribution is 2.34. The van der Waals surface area contributed by atoms with Crippen molar-refractivity contribution in [2.45, 2.75) is 76.1 Å². The number of amidine groups is 1. The number of piperidine rings is 1. The lowest BCUT2D eigenvalue weighted by Gasteiger charge is -2.37. The van der Waals surface area contributed by atoms with Gasteiger partial charge in [-0.3, -0.25) is 4.79 Å². The van der Waals surface area contributed by atoms with E-state index in [9.17, 15) is 4.79 Å². The van der Waals surface area contributed by atoms with Gasteiger partial charge in [-0.2, -0.15) is 0 Å². The van der Waals surface area contributed by atoms with Gasteiger partial charge in [-0.1, -0.05) is 30.3 Å². The molecule has 2 bridgehead atoms. The SMILES string of the molecule is CN1[C@@H]2CC[C@H]1CC(NC(=O)C(CN=C(N)OC(C)(C)C)c1ccccc1)C2. The number of nitrogens with one attached hydrogen (secondary N) is 1. The van der Waals surface area contributed by atoms with E-state index in [1.807, 2.05) is 51.1 Å².